The standard InChI is InChI=1S/C14H11ClFN3O4S2/c1-2-5-25(22,23)13-9(6-17)24-14(19-13)18-12(21)7-3-4-8(15)10(16)11(7)20/h3-4,20H,2,5H2,1H3,(H,18,19,21). The fraction of sp³-hybridized carbons (Fsp3) is 0.214. The lowest BCUT2D eigenvalue weighted by molar-refractivity contribution is 0.102. The van der Waals surface area contributed by atoms with Crippen LogP contribution in [0, 0.1) is 17.1 Å². The number of thiazole rings is 1. The first-order valence-electron chi connectivity index (χ1n) is 6.83. The maximum Gasteiger partial charge on any atom is 0.261 e. The van der Waals surface area contributed by atoms with Gasteiger partial charge in [-0.15, -0.1) is 0 Å². The fourth-order valence-corrected chi connectivity index (χ4v) is 4.55. The number of sulfone groups is 1. The van der Waals surface area contributed by atoms with Crippen LogP contribution in [-0.4, -0.2) is 30.2 Å². The molecule has 0 spiro atoms. The lowest BCUT2D eigenvalue weighted by atomic mass is 10.2. The molecule has 0 fully saturated rings. The van der Waals surface area contributed by atoms with Gasteiger partial charge >= 0.3 is 0 Å². The minimum absolute atomic E-state index is 0.161. The number of aromatic nitrogens is 1. The molecule has 0 saturated carbocycles. The number of nitrogens with one attached hydrogen (secondary N) is 1. The number of carbonyl (C=O) groups is 1. The van der Waals surface area contributed by atoms with Crippen molar-refractivity contribution >= 4 is 43.8 Å². The number of carbonyl (C=O) groups excluding carboxylic acids is 1. The number of rotatable bonds is 5. The van der Waals surface area contributed by atoms with Crippen molar-refractivity contribution in [1.29, 1.82) is 5.26 Å². The number of amides is 1. The number of halogens is 2. The monoisotopic (exact) mass is 403 g/mol. The number of hydrogen-bond donors (Lipinski definition) is 2. The third-order valence-corrected chi connectivity index (χ3v) is 6.13. The Kier molecular flexibility index (Phi) is 5.62. The minimum atomic E-state index is -3.75. The summed E-state index contributed by atoms with van der Waals surface area (Å²) in [4.78, 5) is 15.7. The summed E-state index contributed by atoms with van der Waals surface area (Å²) in [6.45, 7) is 1.66. The average molecular weight is 404 g/mol. The summed E-state index contributed by atoms with van der Waals surface area (Å²) < 4.78 is 37.7. The van der Waals surface area contributed by atoms with Gasteiger partial charge in [0.2, 0.25) is 0 Å². The van der Waals surface area contributed by atoms with Crippen molar-refractivity contribution in [1.82, 2.24) is 4.98 Å². The number of anilines is 1. The Bertz CT molecular complexity index is 983. The van der Waals surface area contributed by atoms with E-state index in [-0.39, 0.29) is 20.8 Å². The van der Waals surface area contributed by atoms with E-state index in [1.807, 2.05) is 0 Å². The fourth-order valence-electron chi connectivity index (χ4n) is 1.89. The van der Waals surface area contributed by atoms with Gasteiger partial charge in [0, 0.05) is 0 Å². The lowest BCUT2D eigenvalue weighted by Crippen LogP contribution is -2.13. The highest BCUT2D eigenvalue weighted by atomic mass is 35.5. The van der Waals surface area contributed by atoms with E-state index < -0.39 is 37.9 Å². The van der Waals surface area contributed by atoms with Crippen LogP contribution in [0.5, 0.6) is 5.75 Å². The van der Waals surface area contributed by atoms with Crippen molar-refractivity contribution < 1.29 is 22.7 Å². The molecular formula is C14H11ClFN3O4S2. The predicted molar refractivity (Wildman–Crippen MR) is 90.2 cm³/mol. The highest BCUT2D eigenvalue weighted by Crippen LogP contribution is 2.30. The number of hydrogen-bond acceptors (Lipinski definition) is 7. The lowest BCUT2D eigenvalue weighted by Gasteiger charge is -2.06. The van der Waals surface area contributed by atoms with Crippen LogP contribution >= 0.6 is 22.9 Å². The first-order valence-corrected chi connectivity index (χ1v) is 9.68. The van der Waals surface area contributed by atoms with Crippen LogP contribution in [0.25, 0.3) is 0 Å². The quantitative estimate of drug-likeness (QED) is 0.791. The number of phenolic OH excluding ortho intramolecular Hbond substituents is 1. The molecule has 2 rings (SSSR count). The zero-order valence-electron chi connectivity index (χ0n) is 12.7. The van der Waals surface area contributed by atoms with Crippen molar-refractivity contribution in [3.05, 3.63) is 33.4 Å². The maximum absolute atomic E-state index is 13.6. The molecule has 25 heavy (non-hydrogen) atoms. The molecule has 7 nitrogen and oxygen atoms in total. The molecule has 0 aliphatic rings. The molecule has 0 bridgehead atoms. The Morgan fingerprint density at radius 1 is 1.52 bits per heavy atom. The number of nitrogens with zero attached hydrogens (tertiary/aromatic N) is 2. The van der Waals surface area contributed by atoms with Crippen molar-refractivity contribution in [3.8, 4) is 11.8 Å². The molecule has 1 aromatic heterocycles. The molecule has 0 radical (unpaired) electrons. The van der Waals surface area contributed by atoms with Gasteiger partial charge in [0.1, 0.15) is 10.9 Å². The van der Waals surface area contributed by atoms with E-state index in [1.54, 1.807) is 13.0 Å². The maximum atomic E-state index is 13.6. The van der Waals surface area contributed by atoms with E-state index in [0.717, 1.165) is 12.1 Å². The second-order valence-electron chi connectivity index (χ2n) is 4.80. The summed E-state index contributed by atoms with van der Waals surface area (Å²) >= 11 is 6.16. The Labute approximate surface area is 151 Å². The molecule has 0 unspecified atom stereocenters. The van der Waals surface area contributed by atoms with E-state index in [4.69, 9.17) is 16.9 Å². The summed E-state index contributed by atoms with van der Waals surface area (Å²) in [5.74, 6) is -3.22. The molecule has 1 amide bonds. The Balaban J connectivity index is 2.36. The molecule has 0 saturated heterocycles. The third kappa shape index (κ3) is 3.89. The number of benzene rings is 1. The van der Waals surface area contributed by atoms with Gasteiger partial charge in [-0.25, -0.2) is 17.8 Å². The van der Waals surface area contributed by atoms with Gasteiger partial charge in [0.25, 0.3) is 5.91 Å². The third-order valence-electron chi connectivity index (χ3n) is 3.00. The van der Waals surface area contributed by atoms with E-state index in [1.165, 1.54) is 0 Å². The van der Waals surface area contributed by atoms with Crippen LogP contribution in [0.4, 0.5) is 9.52 Å². The van der Waals surface area contributed by atoms with Gasteiger partial charge in [-0.2, -0.15) is 5.26 Å². The summed E-state index contributed by atoms with van der Waals surface area (Å²) in [6, 6.07) is 3.91. The topological polar surface area (TPSA) is 120 Å². The number of aromatic hydroxyl groups is 1. The molecule has 0 atom stereocenters. The highest BCUT2D eigenvalue weighted by Gasteiger charge is 2.25. The van der Waals surface area contributed by atoms with Crippen molar-refractivity contribution in [2.45, 2.75) is 18.4 Å². The minimum Gasteiger partial charge on any atom is -0.504 e. The van der Waals surface area contributed by atoms with Gasteiger partial charge < -0.3 is 5.11 Å². The van der Waals surface area contributed by atoms with Gasteiger partial charge in [-0.05, 0) is 18.6 Å². The van der Waals surface area contributed by atoms with Gasteiger partial charge in [-0.1, -0.05) is 29.9 Å². The van der Waals surface area contributed by atoms with Crippen LogP contribution in [-0.2, 0) is 9.84 Å². The molecular weight excluding hydrogens is 393 g/mol. The van der Waals surface area contributed by atoms with Gasteiger partial charge in [0.15, 0.2) is 31.6 Å². The van der Waals surface area contributed by atoms with Crippen molar-refractivity contribution in [3.63, 3.8) is 0 Å². The van der Waals surface area contributed by atoms with Gasteiger partial charge in [-0.3, -0.25) is 10.1 Å². The van der Waals surface area contributed by atoms with Crippen LogP contribution in [0.3, 0.4) is 0 Å². The first-order chi connectivity index (χ1) is 11.7. The Morgan fingerprint density at radius 3 is 2.80 bits per heavy atom. The highest BCUT2D eigenvalue weighted by molar-refractivity contribution is 7.91. The van der Waals surface area contributed by atoms with E-state index >= 15 is 0 Å². The Morgan fingerprint density at radius 2 is 2.20 bits per heavy atom. The summed E-state index contributed by atoms with van der Waals surface area (Å²) in [5, 5.41) is 20.0. The number of phenols is 1. The normalized spacial score (nSPS) is 11.1. The van der Waals surface area contributed by atoms with Gasteiger partial charge in [0.05, 0.1) is 16.3 Å². The molecule has 0 aliphatic carbocycles. The number of nitriles is 1. The largest absolute Gasteiger partial charge is 0.504 e. The summed E-state index contributed by atoms with van der Waals surface area (Å²) in [7, 11) is -3.75. The second kappa shape index (κ2) is 7.35. The zero-order chi connectivity index (χ0) is 18.8. The van der Waals surface area contributed by atoms with Crippen LogP contribution in [0.1, 0.15) is 28.6 Å². The summed E-state index contributed by atoms with van der Waals surface area (Å²) in [6.07, 6.45) is 0.338. The van der Waals surface area contributed by atoms with E-state index in [0.29, 0.717) is 17.8 Å². The summed E-state index contributed by atoms with van der Waals surface area (Å²) in [5.41, 5.74) is -0.409. The molecule has 11 heteroatoms. The average Bonchev–Trinajstić information content (AvgIpc) is 2.96. The second-order valence-corrected chi connectivity index (χ2v) is 8.23. The molecule has 1 aromatic carbocycles. The van der Waals surface area contributed by atoms with E-state index in [2.05, 4.69) is 10.3 Å². The smallest absolute Gasteiger partial charge is 0.261 e. The molecule has 2 aromatic rings. The van der Waals surface area contributed by atoms with Crippen LogP contribution in [0.15, 0.2) is 17.2 Å². The van der Waals surface area contributed by atoms with Crippen LogP contribution < -0.4 is 5.32 Å². The van der Waals surface area contributed by atoms with Crippen molar-refractivity contribution in [2.24, 2.45) is 0 Å². The molecule has 1 heterocycles. The predicted octanol–water partition coefficient (Wildman–Crippen LogP) is 2.95. The SMILES string of the molecule is CCCS(=O)(=O)c1nc(NC(=O)c2ccc(Cl)c(F)c2O)sc1C#N. The van der Waals surface area contributed by atoms with Crippen LogP contribution in [0.2, 0.25) is 5.02 Å². The Hall–Kier alpha value is -2.22. The van der Waals surface area contributed by atoms with Crippen molar-refractivity contribution in [2.75, 3.05) is 11.1 Å². The molecule has 2 N–H and O–H groups in total. The molecule has 0 aliphatic heterocycles. The first kappa shape index (κ1) is 19.1. The molecule has 132 valence electrons. The zero-order valence-corrected chi connectivity index (χ0v) is 15.1. The van der Waals surface area contributed by atoms with E-state index in [9.17, 15) is 22.7 Å².